The van der Waals surface area contributed by atoms with Crippen molar-refractivity contribution in [3.63, 3.8) is 0 Å². The van der Waals surface area contributed by atoms with Crippen molar-refractivity contribution in [2.75, 3.05) is 32.7 Å². The molecule has 4 heteroatoms. The molecule has 0 bridgehead atoms. The normalized spacial score (nSPS) is 17.4. The van der Waals surface area contributed by atoms with Crippen LogP contribution in [0.5, 0.6) is 0 Å². The van der Waals surface area contributed by atoms with Gasteiger partial charge in [-0.15, -0.1) is 0 Å². The summed E-state index contributed by atoms with van der Waals surface area (Å²) in [7, 11) is 0. The lowest BCUT2D eigenvalue weighted by atomic mass is 10.4. The number of carboxylic acid groups (broad SMARTS) is 1. The summed E-state index contributed by atoms with van der Waals surface area (Å²) < 4.78 is 0. The van der Waals surface area contributed by atoms with Crippen LogP contribution in [0.25, 0.3) is 0 Å². The number of nitrogens with one attached hydrogen (secondary N) is 1. The van der Waals surface area contributed by atoms with Gasteiger partial charge in [-0.3, -0.25) is 4.79 Å². The Morgan fingerprint density at radius 3 is 2.08 bits per heavy atom. The van der Waals surface area contributed by atoms with E-state index in [1.165, 1.54) is 32.7 Å². The molecule has 0 aromatic rings. The Labute approximate surface area is 79.9 Å². The Morgan fingerprint density at radius 1 is 1.38 bits per heavy atom. The van der Waals surface area contributed by atoms with E-state index in [0.29, 0.717) is 0 Å². The maximum absolute atomic E-state index is 9.37. The highest BCUT2D eigenvalue weighted by Gasteiger charge is 2.04. The van der Waals surface area contributed by atoms with Gasteiger partial charge < -0.3 is 15.3 Å². The lowest BCUT2D eigenvalue weighted by Gasteiger charge is -2.25. The summed E-state index contributed by atoms with van der Waals surface area (Å²) >= 11 is 0. The van der Waals surface area contributed by atoms with Crippen molar-refractivity contribution in [1.82, 2.24) is 10.2 Å². The van der Waals surface area contributed by atoms with Gasteiger partial charge in [0, 0.05) is 32.6 Å². The molecular formula is C9H20N2O2. The Morgan fingerprint density at radius 2 is 1.85 bits per heavy atom. The first-order chi connectivity index (χ1) is 6.20. The van der Waals surface area contributed by atoms with Crippen molar-refractivity contribution in [3.8, 4) is 0 Å². The molecule has 0 unspecified atom stereocenters. The van der Waals surface area contributed by atoms with Gasteiger partial charge in [-0.1, -0.05) is 13.8 Å². The van der Waals surface area contributed by atoms with E-state index in [0.717, 1.165) is 0 Å². The predicted molar refractivity (Wildman–Crippen MR) is 52.9 cm³/mol. The van der Waals surface area contributed by atoms with Gasteiger partial charge >= 0.3 is 5.97 Å². The molecule has 1 rings (SSSR count). The highest BCUT2D eigenvalue weighted by Crippen LogP contribution is 1.88. The van der Waals surface area contributed by atoms with E-state index in [4.69, 9.17) is 5.11 Å². The number of nitrogens with zero attached hydrogens (tertiary/aromatic N) is 1. The molecule has 1 heterocycles. The summed E-state index contributed by atoms with van der Waals surface area (Å²) in [6, 6.07) is 0. The summed E-state index contributed by atoms with van der Waals surface area (Å²) in [4.78, 5) is 11.8. The Bertz CT molecular complexity index is 134. The fraction of sp³-hybridized carbons (Fsp3) is 0.889. The molecule has 13 heavy (non-hydrogen) atoms. The minimum Gasteiger partial charge on any atom is -0.481 e. The number of aliphatic carboxylic acids is 1. The maximum atomic E-state index is 9.37. The van der Waals surface area contributed by atoms with Gasteiger partial charge in [0.05, 0.1) is 0 Å². The van der Waals surface area contributed by atoms with E-state index in [-0.39, 0.29) is 6.42 Å². The molecule has 0 atom stereocenters. The van der Waals surface area contributed by atoms with E-state index >= 15 is 0 Å². The zero-order valence-electron chi connectivity index (χ0n) is 8.55. The van der Waals surface area contributed by atoms with Crippen molar-refractivity contribution >= 4 is 5.97 Å². The number of likely N-dealkylation sites (N-methyl/N-ethyl adjacent to an activating group) is 1. The van der Waals surface area contributed by atoms with Crippen LogP contribution in [-0.4, -0.2) is 48.7 Å². The molecule has 0 aromatic heterocycles. The fourth-order valence-electron chi connectivity index (χ4n) is 1.03. The second-order valence-electron chi connectivity index (χ2n) is 2.93. The summed E-state index contributed by atoms with van der Waals surface area (Å²) in [5.41, 5.74) is 0. The van der Waals surface area contributed by atoms with Gasteiger partial charge in [0.2, 0.25) is 0 Å². The topological polar surface area (TPSA) is 52.6 Å². The molecular weight excluding hydrogens is 168 g/mol. The first-order valence-corrected chi connectivity index (χ1v) is 4.85. The Balaban J connectivity index is 0.000000252. The van der Waals surface area contributed by atoms with E-state index in [1.807, 2.05) is 0 Å². The van der Waals surface area contributed by atoms with Crippen LogP contribution in [0, 0.1) is 0 Å². The Hall–Kier alpha value is -0.610. The molecule has 1 aliphatic heterocycles. The van der Waals surface area contributed by atoms with Crippen molar-refractivity contribution < 1.29 is 9.90 Å². The average molecular weight is 188 g/mol. The quantitative estimate of drug-likeness (QED) is 0.658. The molecule has 1 aliphatic rings. The summed E-state index contributed by atoms with van der Waals surface area (Å²) in [5, 5.41) is 11.0. The lowest BCUT2D eigenvalue weighted by Crippen LogP contribution is -2.43. The Kier molecular flexibility index (Phi) is 7.63. The van der Waals surface area contributed by atoms with Crippen LogP contribution in [0.4, 0.5) is 0 Å². The summed E-state index contributed by atoms with van der Waals surface area (Å²) in [5.74, 6) is -0.745. The van der Waals surface area contributed by atoms with Gasteiger partial charge in [0.25, 0.3) is 0 Å². The first-order valence-electron chi connectivity index (χ1n) is 4.85. The van der Waals surface area contributed by atoms with E-state index in [2.05, 4.69) is 17.1 Å². The predicted octanol–water partition coefficient (Wildman–Crippen LogP) is 0.393. The van der Waals surface area contributed by atoms with Gasteiger partial charge in [-0.25, -0.2) is 0 Å². The molecule has 0 radical (unpaired) electrons. The smallest absolute Gasteiger partial charge is 0.303 e. The molecule has 2 N–H and O–H groups in total. The fourth-order valence-corrected chi connectivity index (χ4v) is 1.03. The third-order valence-electron chi connectivity index (χ3n) is 1.96. The molecule has 0 spiro atoms. The number of rotatable bonds is 2. The zero-order chi connectivity index (χ0) is 10.1. The number of carbonyl (C=O) groups is 1. The largest absolute Gasteiger partial charge is 0.481 e. The van der Waals surface area contributed by atoms with Gasteiger partial charge in [-0.05, 0) is 6.54 Å². The molecule has 78 valence electrons. The highest BCUT2D eigenvalue weighted by molar-refractivity contribution is 5.66. The van der Waals surface area contributed by atoms with Crippen molar-refractivity contribution in [2.45, 2.75) is 20.3 Å². The van der Waals surface area contributed by atoms with Gasteiger partial charge in [0.15, 0.2) is 0 Å². The van der Waals surface area contributed by atoms with Crippen LogP contribution in [0.15, 0.2) is 0 Å². The van der Waals surface area contributed by atoms with Crippen molar-refractivity contribution in [2.24, 2.45) is 0 Å². The van der Waals surface area contributed by atoms with Crippen molar-refractivity contribution in [3.05, 3.63) is 0 Å². The molecule has 0 aromatic carbocycles. The van der Waals surface area contributed by atoms with Gasteiger partial charge in [0.1, 0.15) is 0 Å². The minimum atomic E-state index is -0.745. The van der Waals surface area contributed by atoms with Gasteiger partial charge in [-0.2, -0.15) is 0 Å². The third kappa shape index (κ3) is 7.74. The van der Waals surface area contributed by atoms with Crippen LogP contribution >= 0.6 is 0 Å². The third-order valence-corrected chi connectivity index (χ3v) is 1.96. The van der Waals surface area contributed by atoms with Crippen LogP contribution < -0.4 is 5.32 Å². The molecule has 1 fully saturated rings. The van der Waals surface area contributed by atoms with Crippen LogP contribution in [0.3, 0.4) is 0 Å². The second kappa shape index (κ2) is 8.01. The number of piperazine rings is 1. The second-order valence-corrected chi connectivity index (χ2v) is 2.93. The maximum Gasteiger partial charge on any atom is 0.303 e. The van der Waals surface area contributed by atoms with Crippen molar-refractivity contribution in [1.29, 1.82) is 0 Å². The lowest BCUT2D eigenvalue weighted by molar-refractivity contribution is -0.136. The SMILES string of the molecule is CCC(=O)O.CCN1CCNCC1. The number of hydrogen-bond acceptors (Lipinski definition) is 3. The standard InChI is InChI=1S/C6H14N2.C3H6O2/c1-2-8-5-3-7-4-6-8;1-2-3(4)5/h7H,2-6H2,1H3;2H2,1H3,(H,4,5). The monoisotopic (exact) mass is 188 g/mol. The van der Waals surface area contributed by atoms with E-state index < -0.39 is 5.97 Å². The van der Waals surface area contributed by atoms with E-state index in [1.54, 1.807) is 6.92 Å². The molecule has 0 saturated carbocycles. The number of carboxylic acids is 1. The highest BCUT2D eigenvalue weighted by atomic mass is 16.4. The number of hydrogen-bond donors (Lipinski definition) is 2. The van der Waals surface area contributed by atoms with Crippen LogP contribution in [0.2, 0.25) is 0 Å². The molecule has 0 aliphatic carbocycles. The van der Waals surface area contributed by atoms with Crippen LogP contribution in [0.1, 0.15) is 20.3 Å². The first kappa shape index (κ1) is 12.4. The molecule has 0 amide bonds. The van der Waals surface area contributed by atoms with Crippen LogP contribution in [-0.2, 0) is 4.79 Å². The average Bonchev–Trinajstić information content (AvgIpc) is 2.20. The zero-order valence-corrected chi connectivity index (χ0v) is 8.55. The minimum absolute atomic E-state index is 0.222. The molecule has 4 nitrogen and oxygen atoms in total. The molecule has 1 saturated heterocycles. The van der Waals surface area contributed by atoms with E-state index in [9.17, 15) is 4.79 Å². The summed E-state index contributed by atoms with van der Waals surface area (Å²) in [6.07, 6.45) is 0.222. The summed E-state index contributed by atoms with van der Waals surface area (Å²) in [6.45, 7) is 9.84.